The Labute approximate surface area is 115 Å². The minimum atomic E-state index is -0.388. The van der Waals surface area contributed by atoms with Gasteiger partial charge in [-0.05, 0) is 52.9 Å². The van der Waals surface area contributed by atoms with Crippen LogP contribution < -0.4 is 0 Å². The summed E-state index contributed by atoms with van der Waals surface area (Å²) in [6.45, 7) is 4.91. The number of benzene rings is 1. The number of rotatable bonds is 4. The SMILES string of the molecule is CC(C)CN(C(=O)c1ccc(Br)c(F)c1)C1CC1. The Bertz CT molecular complexity index is 457. The van der Waals surface area contributed by atoms with Gasteiger partial charge in [0.15, 0.2) is 0 Å². The van der Waals surface area contributed by atoms with Gasteiger partial charge in [-0.15, -0.1) is 0 Å². The molecule has 1 amide bonds. The lowest BCUT2D eigenvalue weighted by Gasteiger charge is -2.24. The highest BCUT2D eigenvalue weighted by atomic mass is 79.9. The Morgan fingerprint density at radius 1 is 1.50 bits per heavy atom. The third-order valence-electron chi connectivity index (χ3n) is 2.98. The van der Waals surface area contributed by atoms with E-state index in [9.17, 15) is 9.18 Å². The van der Waals surface area contributed by atoms with E-state index in [0.717, 1.165) is 19.4 Å². The number of carbonyl (C=O) groups excluding carboxylic acids is 1. The molecule has 2 nitrogen and oxygen atoms in total. The Balaban J connectivity index is 2.19. The normalized spacial score (nSPS) is 14.9. The summed E-state index contributed by atoms with van der Waals surface area (Å²) in [6, 6.07) is 4.92. The predicted octanol–water partition coefficient (Wildman–Crippen LogP) is 3.85. The summed E-state index contributed by atoms with van der Waals surface area (Å²) in [5.74, 6) is -0.0198. The van der Waals surface area contributed by atoms with Crippen molar-refractivity contribution >= 4 is 21.8 Å². The van der Waals surface area contributed by atoms with Gasteiger partial charge < -0.3 is 4.90 Å². The molecule has 18 heavy (non-hydrogen) atoms. The molecule has 98 valence electrons. The highest BCUT2D eigenvalue weighted by molar-refractivity contribution is 9.10. The fourth-order valence-electron chi connectivity index (χ4n) is 1.97. The van der Waals surface area contributed by atoms with Crippen LogP contribution in [-0.4, -0.2) is 23.4 Å². The first-order valence-electron chi connectivity index (χ1n) is 6.25. The van der Waals surface area contributed by atoms with Gasteiger partial charge in [-0.25, -0.2) is 4.39 Å². The van der Waals surface area contributed by atoms with Crippen LogP contribution in [0.15, 0.2) is 22.7 Å². The zero-order valence-electron chi connectivity index (χ0n) is 10.6. The Hall–Kier alpha value is -0.900. The Morgan fingerprint density at radius 3 is 2.67 bits per heavy atom. The molecule has 0 saturated heterocycles. The third-order valence-corrected chi connectivity index (χ3v) is 3.62. The summed E-state index contributed by atoms with van der Waals surface area (Å²) in [5, 5.41) is 0. The zero-order chi connectivity index (χ0) is 13.3. The first-order chi connectivity index (χ1) is 8.49. The average Bonchev–Trinajstić information content (AvgIpc) is 3.12. The predicted molar refractivity (Wildman–Crippen MR) is 73.0 cm³/mol. The molecule has 0 heterocycles. The molecule has 1 aliphatic carbocycles. The summed E-state index contributed by atoms with van der Waals surface area (Å²) in [6.07, 6.45) is 2.13. The minimum Gasteiger partial charge on any atom is -0.335 e. The van der Waals surface area contributed by atoms with Crippen LogP contribution in [0.25, 0.3) is 0 Å². The van der Waals surface area contributed by atoms with Crippen molar-refractivity contribution in [1.29, 1.82) is 0 Å². The first kappa shape index (κ1) is 13.5. The molecule has 0 aromatic heterocycles. The smallest absolute Gasteiger partial charge is 0.254 e. The number of hydrogen-bond donors (Lipinski definition) is 0. The lowest BCUT2D eigenvalue weighted by molar-refractivity contribution is 0.0722. The van der Waals surface area contributed by atoms with Gasteiger partial charge in [-0.2, -0.15) is 0 Å². The standard InChI is InChI=1S/C14H17BrFNO/c1-9(2)8-17(11-4-5-11)14(18)10-3-6-12(15)13(16)7-10/h3,6-7,9,11H,4-5,8H2,1-2H3. The molecule has 1 saturated carbocycles. The van der Waals surface area contributed by atoms with Gasteiger partial charge in [0.2, 0.25) is 0 Å². The number of nitrogens with zero attached hydrogens (tertiary/aromatic N) is 1. The zero-order valence-corrected chi connectivity index (χ0v) is 12.2. The van der Waals surface area contributed by atoms with Crippen LogP contribution in [0.2, 0.25) is 0 Å². The molecular weight excluding hydrogens is 297 g/mol. The summed E-state index contributed by atoms with van der Waals surface area (Å²) in [5.41, 5.74) is 0.434. The number of halogens is 2. The summed E-state index contributed by atoms with van der Waals surface area (Å²) in [4.78, 5) is 14.3. The Kier molecular flexibility index (Phi) is 4.05. The van der Waals surface area contributed by atoms with Crippen molar-refractivity contribution in [3.05, 3.63) is 34.1 Å². The Morgan fingerprint density at radius 2 is 2.17 bits per heavy atom. The van der Waals surface area contributed by atoms with Crippen molar-refractivity contribution in [2.75, 3.05) is 6.54 Å². The van der Waals surface area contributed by atoms with Gasteiger partial charge in [-0.1, -0.05) is 13.8 Å². The fraction of sp³-hybridized carbons (Fsp3) is 0.500. The van der Waals surface area contributed by atoms with E-state index < -0.39 is 0 Å². The van der Waals surface area contributed by atoms with E-state index >= 15 is 0 Å². The lowest BCUT2D eigenvalue weighted by atomic mass is 10.1. The second-order valence-electron chi connectivity index (χ2n) is 5.21. The maximum absolute atomic E-state index is 13.5. The van der Waals surface area contributed by atoms with E-state index in [-0.39, 0.29) is 11.7 Å². The van der Waals surface area contributed by atoms with Crippen molar-refractivity contribution in [3.63, 3.8) is 0 Å². The average molecular weight is 314 g/mol. The van der Waals surface area contributed by atoms with Crippen LogP contribution in [-0.2, 0) is 0 Å². The highest BCUT2D eigenvalue weighted by Crippen LogP contribution is 2.29. The highest BCUT2D eigenvalue weighted by Gasteiger charge is 2.33. The summed E-state index contributed by atoms with van der Waals surface area (Å²) < 4.78 is 13.9. The van der Waals surface area contributed by atoms with E-state index in [0.29, 0.717) is 22.0 Å². The van der Waals surface area contributed by atoms with Crippen molar-refractivity contribution in [2.45, 2.75) is 32.7 Å². The first-order valence-corrected chi connectivity index (χ1v) is 7.04. The maximum atomic E-state index is 13.5. The molecule has 0 aliphatic heterocycles. The van der Waals surface area contributed by atoms with Gasteiger partial charge in [0.25, 0.3) is 5.91 Å². The van der Waals surface area contributed by atoms with Crippen molar-refractivity contribution in [3.8, 4) is 0 Å². The molecule has 1 aliphatic rings. The molecule has 2 rings (SSSR count). The molecule has 0 atom stereocenters. The van der Waals surface area contributed by atoms with Gasteiger partial charge in [0, 0.05) is 18.2 Å². The molecule has 0 spiro atoms. The topological polar surface area (TPSA) is 20.3 Å². The second-order valence-corrected chi connectivity index (χ2v) is 6.07. The van der Waals surface area contributed by atoms with Crippen molar-refractivity contribution in [2.24, 2.45) is 5.92 Å². The van der Waals surface area contributed by atoms with E-state index in [1.807, 2.05) is 4.90 Å². The molecule has 0 N–H and O–H groups in total. The van der Waals surface area contributed by atoms with Crippen molar-refractivity contribution < 1.29 is 9.18 Å². The van der Waals surface area contributed by atoms with Crippen LogP contribution in [0.5, 0.6) is 0 Å². The van der Waals surface area contributed by atoms with Gasteiger partial charge >= 0.3 is 0 Å². The van der Waals surface area contributed by atoms with E-state index in [1.54, 1.807) is 12.1 Å². The lowest BCUT2D eigenvalue weighted by Crippen LogP contribution is -2.36. The molecule has 0 radical (unpaired) electrons. The summed E-state index contributed by atoms with van der Waals surface area (Å²) >= 11 is 3.10. The monoisotopic (exact) mass is 313 g/mol. The number of carbonyl (C=O) groups is 1. The third kappa shape index (κ3) is 3.10. The van der Waals surface area contributed by atoms with Crippen molar-refractivity contribution in [1.82, 2.24) is 4.90 Å². The van der Waals surface area contributed by atoms with E-state index in [1.165, 1.54) is 6.07 Å². The van der Waals surface area contributed by atoms with Gasteiger partial charge in [0.05, 0.1) is 4.47 Å². The molecular formula is C14H17BrFNO. The fourth-order valence-corrected chi connectivity index (χ4v) is 2.22. The minimum absolute atomic E-state index is 0.0578. The molecule has 1 aromatic rings. The molecule has 1 fully saturated rings. The molecule has 0 bridgehead atoms. The second kappa shape index (κ2) is 5.39. The molecule has 4 heteroatoms. The van der Waals surface area contributed by atoms with E-state index in [4.69, 9.17) is 0 Å². The van der Waals surface area contributed by atoms with Gasteiger partial charge in [0.1, 0.15) is 5.82 Å². The summed E-state index contributed by atoms with van der Waals surface area (Å²) in [7, 11) is 0. The van der Waals surface area contributed by atoms with Gasteiger partial charge in [-0.3, -0.25) is 4.79 Å². The van der Waals surface area contributed by atoms with Crippen LogP contribution >= 0.6 is 15.9 Å². The van der Waals surface area contributed by atoms with Crippen LogP contribution in [0.1, 0.15) is 37.0 Å². The number of amides is 1. The van der Waals surface area contributed by atoms with Crippen LogP contribution in [0.3, 0.4) is 0 Å². The van der Waals surface area contributed by atoms with Crippen LogP contribution in [0.4, 0.5) is 4.39 Å². The quantitative estimate of drug-likeness (QED) is 0.827. The largest absolute Gasteiger partial charge is 0.335 e. The molecule has 0 unspecified atom stereocenters. The maximum Gasteiger partial charge on any atom is 0.254 e. The van der Waals surface area contributed by atoms with Crippen LogP contribution in [0, 0.1) is 11.7 Å². The van der Waals surface area contributed by atoms with E-state index in [2.05, 4.69) is 29.8 Å². The molecule has 1 aromatic carbocycles. The number of hydrogen-bond acceptors (Lipinski definition) is 1.